The van der Waals surface area contributed by atoms with Crippen molar-refractivity contribution in [3.8, 4) is 5.75 Å². The first-order chi connectivity index (χ1) is 8.89. The number of benzene rings is 1. The lowest BCUT2D eigenvalue weighted by Crippen LogP contribution is -2.47. The Labute approximate surface area is 114 Å². The van der Waals surface area contributed by atoms with Gasteiger partial charge in [-0.3, -0.25) is 0 Å². The van der Waals surface area contributed by atoms with E-state index in [0.717, 1.165) is 25.7 Å². The van der Waals surface area contributed by atoms with Gasteiger partial charge in [0.2, 0.25) is 10.0 Å². The third kappa shape index (κ3) is 3.92. The Balaban J connectivity index is 1.96. The van der Waals surface area contributed by atoms with Crippen LogP contribution in [0, 0.1) is 0 Å². The second kappa shape index (κ2) is 5.48. The lowest BCUT2D eigenvalue weighted by molar-refractivity contribution is 0.173. The van der Waals surface area contributed by atoms with Crippen molar-refractivity contribution in [2.24, 2.45) is 10.9 Å². The zero-order valence-corrected chi connectivity index (χ0v) is 11.7. The number of primary sulfonamides is 1. The molecule has 0 bridgehead atoms. The summed E-state index contributed by atoms with van der Waals surface area (Å²) >= 11 is 0. The van der Waals surface area contributed by atoms with Crippen LogP contribution < -0.4 is 15.6 Å². The molecule has 5 nitrogen and oxygen atoms in total. The Kier molecular flexibility index (Phi) is 4.13. The van der Waals surface area contributed by atoms with Crippen LogP contribution in [-0.2, 0) is 10.0 Å². The van der Waals surface area contributed by atoms with Crippen molar-refractivity contribution >= 4 is 10.0 Å². The van der Waals surface area contributed by atoms with Crippen LogP contribution >= 0.6 is 0 Å². The molecule has 2 rings (SSSR count). The van der Waals surface area contributed by atoms with Crippen LogP contribution in [0.2, 0.25) is 0 Å². The molecule has 4 N–H and O–H groups in total. The fourth-order valence-corrected chi connectivity index (χ4v) is 2.87. The van der Waals surface area contributed by atoms with Gasteiger partial charge in [-0.2, -0.15) is 0 Å². The normalized spacial score (nSPS) is 19.1. The molecular formula is C13H20N2O3S. The SMILES string of the molecule is NC1(COc2ccc(S(N)(=O)=O)cc2)CCCCC1. The predicted molar refractivity (Wildman–Crippen MR) is 73.3 cm³/mol. The van der Waals surface area contributed by atoms with E-state index in [1.807, 2.05) is 0 Å². The Bertz CT molecular complexity index is 519. The number of sulfonamides is 1. The van der Waals surface area contributed by atoms with Gasteiger partial charge in [-0.25, -0.2) is 13.6 Å². The maximum Gasteiger partial charge on any atom is 0.238 e. The van der Waals surface area contributed by atoms with E-state index >= 15 is 0 Å². The van der Waals surface area contributed by atoms with Gasteiger partial charge in [-0.1, -0.05) is 19.3 Å². The van der Waals surface area contributed by atoms with Gasteiger partial charge in [0, 0.05) is 0 Å². The summed E-state index contributed by atoms with van der Waals surface area (Å²) in [5.41, 5.74) is 6.01. The Morgan fingerprint density at radius 2 is 1.68 bits per heavy atom. The molecule has 0 spiro atoms. The van der Waals surface area contributed by atoms with E-state index < -0.39 is 10.0 Å². The van der Waals surface area contributed by atoms with E-state index in [-0.39, 0.29) is 10.4 Å². The smallest absolute Gasteiger partial charge is 0.238 e. The molecule has 0 unspecified atom stereocenters. The van der Waals surface area contributed by atoms with Crippen LogP contribution in [-0.4, -0.2) is 20.6 Å². The average molecular weight is 284 g/mol. The van der Waals surface area contributed by atoms with Crippen molar-refractivity contribution in [1.29, 1.82) is 0 Å². The van der Waals surface area contributed by atoms with Gasteiger partial charge in [0.15, 0.2) is 0 Å². The maximum atomic E-state index is 11.1. The standard InChI is InChI=1S/C13H20N2O3S/c14-13(8-2-1-3-9-13)10-18-11-4-6-12(7-5-11)19(15,16)17/h4-7H,1-3,8-10,14H2,(H2,15,16,17). The molecule has 1 fully saturated rings. The van der Waals surface area contributed by atoms with Crippen molar-refractivity contribution in [2.75, 3.05) is 6.61 Å². The van der Waals surface area contributed by atoms with Crippen molar-refractivity contribution in [3.05, 3.63) is 24.3 Å². The largest absolute Gasteiger partial charge is 0.492 e. The minimum atomic E-state index is -3.65. The number of nitrogens with two attached hydrogens (primary N) is 2. The van der Waals surface area contributed by atoms with E-state index in [1.54, 1.807) is 12.1 Å². The molecule has 1 saturated carbocycles. The van der Waals surface area contributed by atoms with Crippen LogP contribution in [0.5, 0.6) is 5.75 Å². The van der Waals surface area contributed by atoms with E-state index in [1.165, 1.54) is 18.6 Å². The predicted octanol–water partition coefficient (Wildman–Crippen LogP) is 1.37. The molecule has 0 amide bonds. The summed E-state index contributed by atoms with van der Waals surface area (Å²) in [6, 6.07) is 6.08. The van der Waals surface area contributed by atoms with Crippen molar-refractivity contribution in [2.45, 2.75) is 42.5 Å². The summed E-state index contributed by atoms with van der Waals surface area (Å²) in [7, 11) is -3.65. The summed E-state index contributed by atoms with van der Waals surface area (Å²) < 4.78 is 27.9. The van der Waals surface area contributed by atoms with Crippen molar-refractivity contribution in [1.82, 2.24) is 0 Å². The first kappa shape index (κ1) is 14.3. The molecule has 106 valence electrons. The zero-order valence-electron chi connectivity index (χ0n) is 10.8. The molecule has 0 atom stereocenters. The molecule has 1 aliphatic rings. The van der Waals surface area contributed by atoms with Gasteiger partial charge >= 0.3 is 0 Å². The molecule has 0 saturated heterocycles. The Morgan fingerprint density at radius 1 is 1.11 bits per heavy atom. The molecule has 1 aromatic carbocycles. The van der Waals surface area contributed by atoms with E-state index in [0.29, 0.717) is 12.4 Å². The van der Waals surface area contributed by atoms with Gasteiger partial charge in [0.1, 0.15) is 12.4 Å². The highest BCUT2D eigenvalue weighted by molar-refractivity contribution is 7.89. The van der Waals surface area contributed by atoms with E-state index in [4.69, 9.17) is 15.6 Å². The summed E-state index contributed by atoms with van der Waals surface area (Å²) in [6.07, 6.45) is 5.47. The summed E-state index contributed by atoms with van der Waals surface area (Å²) in [5.74, 6) is 0.614. The van der Waals surface area contributed by atoms with Gasteiger partial charge < -0.3 is 10.5 Å². The van der Waals surface area contributed by atoms with Gasteiger partial charge in [0.25, 0.3) is 0 Å². The second-order valence-electron chi connectivity index (χ2n) is 5.23. The lowest BCUT2D eigenvalue weighted by Gasteiger charge is -2.33. The fraction of sp³-hybridized carbons (Fsp3) is 0.538. The van der Waals surface area contributed by atoms with E-state index in [2.05, 4.69) is 0 Å². The van der Waals surface area contributed by atoms with Gasteiger partial charge in [0.05, 0.1) is 10.4 Å². The minimum absolute atomic E-state index is 0.0833. The van der Waals surface area contributed by atoms with Crippen molar-refractivity contribution in [3.63, 3.8) is 0 Å². The molecule has 1 aliphatic carbocycles. The monoisotopic (exact) mass is 284 g/mol. The summed E-state index contributed by atoms with van der Waals surface area (Å²) in [4.78, 5) is 0.0833. The lowest BCUT2D eigenvalue weighted by atomic mass is 9.83. The van der Waals surface area contributed by atoms with Gasteiger partial charge in [-0.15, -0.1) is 0 Å². The third-order valence-corrected chi connectivity index (χ3v) is 4.46. The van der Waals surface area contributed by atoms with Crippen LogP contribution in [0.15, 0.2) is 29.2 Å². The highest BCUT2D eigenvalue weighted by Gasteiger charge is 2.28. The highest BCUT2D eigenvalue weighted by atomic mass is 32.2. The topological polar surface area (TPSA) is 95.4 Å². The zero-order chi connectivity index (χ0) is 13.9. The van der Waals surface area contributed by atoms with Crippen LogP contribution in [0.1, 0.15) is 32.1 Å². The molecule has 19 heavy (non-hydrogen) atoms. The molecule has 0 heterocycles. The summed E-state index contributed by atoms with van der Waals surface area (Å²) in [6.45, 7) is 0.460. The average Bonchev–Trinajstić information content (AvgIpc) is 2.37. The number of ether oxygens (including phenoxy) is 1. The summed E-state index contributed by atoms with van der Waals surface area (Å²) in [5, 5.41) is 5.03. The fourth-order valence-electron chi connectivity index (χ4n) is 2.35. The Morgan fingerprint density at radius 3 is 2.21 bits per heavy atom. The first-order valence-electron chi connectivity index (χ1n) is 6.44. The molecule has 0 aliphatic heterocycles. The van der Waals surface area contributed by atoms with E-state index in [9.17, 15) is 8.42 Å². The molecule has 0 aromatic heterocycles. The first-order valence-corrected chi connectivity index (χ1v) is 7.98. The highest BCUT2D eigenvalue weighted by Crippen LogP contribution is 2.27. The molecule has 1 aromatic rings. The minimum Gasteiger partial charge on any atom is -0.492 e. The van der Waals surface area contributed by atoms with Crippen LogP contribution in [0.4, 0.5) is 0 Å². The quantitative estimate of drug-likeness (QED) is 0.873. The molecule has 6 heteroatoms. The number of hydrogen-bond acceptors (Lipinski definition) is 4. The second-order valence-corrected chi connectivity index (χ2v) is 6.79. The maximum absolute atomic E-state index is 11.1. The van der Waals surface area contributed by atoms with Gasteiger partial charge in [-0.05, 0) is 37.1 Å². The third-order valence-electron chi connectivity index (χ3n) is 3.53. The molecular weight excluding hydrogens is 264 g/mol. The Hall–Kier alpha value is -1.11. The van der Waals surface area contributed by atoms with Crippen LogP contribution in [0.3, 0.4) is 0 Å². The number of rotatable bonds is 4. The molecule has 0 radical (unpaired) electrons. The van der Waals surface area contributed by atoms with Crippen LogP contribution in [0.25, 0.3) is 0 Å². The van der Waals surface area contributed by atoms with Crippen molar-refractivity contribution < 1.29 is 13.2 Å². The number of hydrogen-bond donors (Lipinski definition) is 2.